The number of nitrogens with zero attached hydrogens (tertiary/aromatic N) is 3. The van der Waals surface area contributed by atoms with E-state index in [-0.39, 0.29) is 17.2 Å². The van der Waals surface area contributed by atoms with Crippen molar-refractivity contribution in [3.05, 3.63) is 59.6 Å². The Bertz CT molecular complexity index is 990. The number of amides is 1. The van der Waals surface area contributed by atoms with E-state index in [1.54, 1.807) is 36.4 Å². The predicted molar refractivity (Wildman–Crippen MR) is 96.2 cm³/mol. The molecule has 128 valence electrons. The van der Waals surface area contributed by atoms with Gasteiger partial charge in [0.05, 0.1) is 17.4 Å². The third-order valence-corrected chi connectivity index (χ3v) is 4.20. The number of hydrogen-bond donors (Lipinski definition) is 1. The number of carbonyl (C=O) groups is 2. The third kappa shape index (κ3) is 2.95. The van der Waals surface area contributed by atoms with Crippen molar-refractivity contribution in [1.82, 2.24) is 5.01 Å². The van der Waals surface area contributed by atoms with Gasteiger partial charge in [0.1, 0.15) is 5.75 Å². The molecule has 0 bridgehead atoms. The summed E-state index contributed by atoms with van der Waals surface area (Å²) < 4.78 is 10.2. The molecule has 0 fully saturated rings. The van der Waals surface area contributed by atoms with Crippen molar-refractivity contribution < 1.29 is 18.7 Å². The van der Waals surface area contributed by atoms with E-state index >= 15 is 0 Å². The average molecular weight is 366 g/mol. The first-order valence-corrected chi connectivity index (χ1v) is 8.28. The van der Waals surface area contributed by atoms with Gasteiger partial charge in [-0.25, -0.2) is 4.79 Å². The zero-order chi connectivity index (χ0) is 18.1. The van der Waals surface area contributed by atoms with Crippen molar-refractivity contribution in [3.63, 3.8) is 0 Å². The Morgan fingerprint density at radius 1 is 1.27 bits per heavy atom. The van der Waals surface area contributed by atoms with Crippen LogP contribution in [0.4, 0.5) is 0 Å². The zero-order valence-corrected chi connectivity index (χ0v) is 13.9. The summed E-state index contributed by atoms with van der Waals surface area (Å²) >= 11 is 1.19. The van der Waals surface area contributed by atoms with E-state index in [9.17, 15) is 9.59 Å². The van der Waals surface area contributed by atoms with Gasteiger partial charge in [-0.2, -0.15) is 15.1 Å². The van der Waals surface area contributed by atoms with E-state index in [0.29, 0.717) is 16.5 Å². The second-order valence-corrected chi connectivity index (χ2v) is 6.00. The van der Waals surface area contributed by atoms with Crippen molar-refractivity contribution >= 4 is 46.3 Å². The molecule has 0 unspecified atom stereocenters. The first-order valence-electron chi connectivity index (χ1n) is 7.40. The summed E-state index contributed by atoms with van der Waals surface area (Å²) in [6, 6.07) is 9.61. The van der Waals surface area contributed by atoms with Crippen LogP contribution in [0, 0.1) is 5.41 Å². The maximum atomic E-state index is 12.1. The van der Waals surface area contributed by atoms with Crippen LogP contribution in [0.5, 0.6) is 5.75 Å². The number of hydrazone groups is 1. The number of nitrogens with one attached hydrogen (secondary N) is 1. The highest BCUT2D eigenvalue weighted by Gasteiger charge is 2.32. The Hall–Kier alpha value is -3.46. The van der Waals surface area contributed by atoms with Gasteiger partial charge in [0.15, 0.2) is 11.0 Å². The van der Waals surface area contributed by atoms with Crippen LogP contribution in [0.25, 0.3) is 6.08 Å². The lowest BCUT2D eigenvalue weighted by Gasteiger charge is -2.20. The highest BCUT2D eigenvalue weighted by Crippen LogP contribution is 2.25. The minimum Gasteiger partial charge on any atom is -0.457 e. The summed E-state index contributed by atoms with van der Waals surface area (Å²) in [6.07, 6.45) is 2.93. The summed E-state index contributed by atoms with van der Waals surface area (Å²) in [5.74, 6) is -0.687. The van der Waals surface area contributed by atoms with Crippen molar-refractivity contribution in [1.29, 1.82) is 5.41 Å². The van der Waals surface area contributed by atoms with Crippen molar-refractivity contribution in [2.75, 3.05) is 0 Å². The lowest BCUT2D eigenvalue weighted by Crippen LogP contribution is -2.35. The maximum Gasteiger partial charge on any atom is 0.379 e. The average Bonchev–Trinajstić information content (AvgIpc) is 3.31. The summed E-state index contributed by atoms with van der Waals surface area (Å²) in [4.78, 5) is 27.9. The molecule has 0 saturated heterocycles. The van der Waals surface area contributed by atoms with E-state index < -0.39 is 11.9 Å². The number of amidine groups is 2. The zero-order valence-electron chi connectivity index (χ0n) is 13.1. The van der Waals surface area contributed by atoms with E-state index in [1.165, 1.54) is 34.6 Å². The molecule has 0 saturated carbocycles. The van der Waals surface area contributed by atoms with Gasteiger partial charge in [0.25, 0.3) is 5.91 Å². The van der Waals surface area contributed by atoms with Crippen LogP contribution >= 0.6 is 11.8 Å². The summed E-state index contributed by atoms with van der Waals surface area (Å²) in [7, 11) is 0. The lowest BCUT2D eigenvalue weighted by molar-refractivity contribution is -0.114. The number of esters is 1. The van der Waals surface area contributed by atoms with Crippen LogP contribution in [0.1, 0.15) is 16.1 Å². The van der Waals surface area contributed by atoms with Gasteiger partial charge in [-0.15, -0.1) is 0 Å². The molecule has 0 spiro atoms. The van der Waals surface area contributed by atoms with Crippen molar-refractivity contribution in [3.8, 4) is 5.75 Å². The quantitative estimate of drug-likeness (QED) is 0.508. The van der Waals surface area contributed by atoms with Gasteiger partial charge < -0.3 is 9.15 Å². The Balaban J connectivity index is 1.53. The largest absolute Gasteiger partial charge is 0.457 e. The number of rotatable bonds is 3. The van der Waals surface area contributed by atoms with Gasteiger partial charge in [0, 0.05) is 0 Å². The van der Waals surface area contributed by atoms with Crippen LogP contribution in [-0.2, 0) is 4.79 Å². The molecule has 0 aliphatic carbocycles. The number of fused-ring (bicyclic) bond motifs is 1. The first kappa shape index (κ1) is 16.0. The monoisotopic (exact) mass is 366 g/mol. The molecule has 26 heavy (non-hydrogen) atoms. The second kappa shape index (κ2) is 6.45. The van der Waals surface area contributed by atoms with Gasteiger partial charge >= 0.3 is 5.97 Å². The molecule has 2 aliphatic rings. The molecular weight excluding hydrogens is 356 g/mol. The number of thioether (sulfide) groups is 1. The molecule has 9 heteroatoms. The Kier molecular flexibility index (Phi) is 3.98. The molecular formula is C17H10N4O4S. The van der Waals surface area contributed by atoms with Gasteiger partial charge in [-0.05, 0) is 47.7 Å². The normalized spacial score (nSPS) is 17.5. The van der Waals surface area contributed by atoms with Gasteiger partial charge in [-0.1, -0.05) is 12.1 Å². The topological polar surface area (TPSA) is 108 Å². The van der Waals surface area contributed by atoms with Crippen molar-refractivity contribution in [2.24, 2.45) is 10.1 Å². The minimum absolute atomic E-state index is 0.0328. The molecule has 4 rings (SSSR count). The summed E-state index contributed by atoms with van der Waals surface area (Å²) in [6.45, 7) is 0. The van der Waals surface area contributed by atoms with E-state index in [4.69, 9.17) is 14.6 Å². The first-order chi connectivity index (χ1) is 12.6. The number of ether oxygens (including phenoxy) is 1. The van der Waals surface area contributed by atoms with Crippen LogP contribution in [-0.4, -0.2) is 33.4 Å². The Morgan fingerprint density at radius 3 is 2.81 bits per heavy atom. The summed E-state index contributed by atoms with van der Waals surface area (Å²) in [5.41, 5.74) is 2.31. The number of benzene rings is 1. The highest BCUT2D eigenvalue weighted by atomic mass is 32.2. The molecule has 2 aliphatic heterocycles. The van der Waals surface area contributed by atoms with E-state index in [0.717, 1.165) is 0 Å². The van der Waals surface area contributed by atoms with Crippen LogP contribution in [0.3, 0.4) is 0 Å². The fourth-order valence-electron chi connectivity index (χ4n) is 2.29. The number of hydrogen-bond acceptors (Lipinski definition) is 7. The van der Waals surface area contributed by atoms with Crippen LogP contribution < -0.4 is 4.74 Å². The molecule has 1 aromatic heterocycles. The molecule has 3 heterocycles. The van der Waals surface area contributed by atoms with Gasteiger partial charge in [-0.3, -0.25) is 10.2 Å². The molecule has 8 nitrogen and oxygen atoms in total. The van der Waals surface area contributed by atoms with Crippen molar-refractivity contribution in [2.45, 2.75) is 0 Å². The highest BCUT2D eigenvalue weighted by molar-refractivity contribution is 8.25. The maximum absolute atomic E-state index is 12.1. The smallest absolute Gasteiger partial charge is 0.379 e. The number of carbonyl (C=O) groups excluding carboxylic acids is 2. The fourth-order valence-corrected chi connectivity index (χ4v) is 2.90. The molecule has 1 N–H and O–H groups in total. The van der Waals surface area contributed by atoms with E-state index in [1.807, 2.05) is 0 Å². The number of furan rings is 1. The van der Waals surface area contributed by atoms with Crippen LogP contribution in [0.2, 0.25) is 0 Å². The second-order valence-electron chi connectivity index (χ2n) is 5.19. The Morgan fingerprint density at radius 2 is 2.08 bits per heavy atom. The van der Waals surface area contributed by atoms with E-state index in [2.05, 4.69) is 10.1 Å². The van der Waals surface area contributed by atoms with Crippen LogP contribution in [0.15, 0.2) is 62.7 Å². The Labute approximate surface area is 151 Å². The molecule has 1 amide bonds. The minimum atomic E-state index is -0.600. The molecule has 1 aromatic carbocycles. The predicted octanol–water partition coefficient (Wildman–Crippen LogP) is 2.75. The fraction of sp³-hybridized carbons (Fsp3) is 0. The molecule has 2 aromatic rings. The standard InChI is InChI=1S/C17H10N4O4S/c18-14-12(15(22)20-17-21(14)19-9-26-17)8-10-3-5-11(6-4-10)25-16(23)13-2-1-7-24-13/h1-9,18H/b12-8-,18-14?. The molecule has 0 radical (unpaired) electrons. The molecule has 0 atom stereocenters. The summed E-state index contributed by atoms with van der Waals surface area (Å²) in [5, 5.41) is 13.8. The lowest BCUT2D eigenvalue weighted by atomic mass is 10.1. The SMILES string of the molecule is N=C1/C(=C/c2ccc(OC(=O)c3ccco3)cc2)C(=O)N=C2SC=NN12. The third-order valence-electron chi connectivity index (χ3n) is 3.52. The van der Waals surface area contributed by atoms with Gasteiger partial charge in [0.2, 0.25) is 5.76 Å². The number of aliphatic imine (C=N–C) groups is 1.